The van der Waals surface area contributed by atoms with Crippen molar-refractivity contribution < 1.29 is 4.74 Å². The Balaban J connectivity index is 3.03. The third-order valence-corrected chi connectivity index (χ3v) is 2.11. The lowest BCUT2D eigenvalue weighted by Crippen LogP contribution is -1.97. The number of hydrogen-bond donors (Lipinski definition) is 0. The van der Waals surface area contributed by atoms with Crippen molar-refractivity contribution in [3.63, 3.8) is 0 Å². The average Bonchev–Trinajstić information content (AvgIpc) is 2.04. The van der Waals surface area contributed by atoms with Crippen molar-refractivity contribution in [2.45, 2.75) is 26.7 Å². The number of halogens is 1. The van der Waals surface area contributed by atoms with E-state index in [0.29, 0.717) is 5.92 Å². The second-order valence-corrected chi connectivity index (χ2v) is 3.67. The Morgan fingerprint density at radius 3 is 2.62 bits per heavy atom. The summed E-state index contributed by atoms with van der Waals surface area (Å²) in [6.07, 6.45) is 0. The highest BCUT2D eigenvalue weighted by Crippen LogP contribution is 2.27. The summed E-state index contributed by atoms with van der Waals surface area (Å²) in [6, 6.07) is 6.43. The molecule has 0 aliphatic heterocycles. The smallest absolute Gasteiger partial charge is 0.162 e. The summed E-state index contributed by atoms with van der Waals surface area (Å²) in [4.78, 5) is 0. The minimum Gasteiger partial charge on any atom is -0.478 e. The molecule has 0 aliphatic carbocycles. The molecular weight excluding hydrogens is 184 g/mol. The van der Waals surface area contributed by atoms with Gasteiger partial charge in [0.2, 0.25) is 0 Å². The van der Waals surface area contributed by atoms with Gasteiger partial charge in [0.05, 0.1) is 0 Å². The summed E-state index contributed by atoms with van der Waals surface area (Å²) >= 11 is 5.54. The lowest BCUT2D eigenvalue weighted by Gasteiger charge is -2.12. The van der Waals surface area contributed by atoms with E-state index in [-0.39, 0.29) is 6.07 Å². The fourth-order valence-corrected chi connectivity index (χ4v) is 1.42. The normalized spacial score (nSPS) is 10.5. The first-order valence-electron chi connectivity index (χ1n) is 4.44. The lowest BCUT2D eigenvalue weighted by molar-refractivity contribution is 0.381. The van der Waals surface area contributed by atoms with E-state index in [1.54, 1.807) is 0 Å². The van der Waals surface area contributed by atoms with Crippen LogP contribution < -0.4 is 4.74 Å². The Labute approximate surface area is 84.7 Å². The van der Waals surface area contributed by atoms with Gasteiger partial charge < -0.3 is 4.74 Å². The number of alkyl halides is 1. The summed E-state index contributed by atoms with van der Waals surface area (Å²) in [7, 11) is 0. The molecule has 0 unspecified atom stereocenters. The van der Waals surface area contributed by atoms with Crippen LogP contribution in [0, 0.1) is 6.92 Å². The Kier molecular flexibility index (Phi) is 3.61. The highest BCUT2D eigenvalue weighted by atomic mass is 35.5. The van der Waals surface area contributed by atoms with E-state index in [4.69, 9.17) is 16.3 Å². The van der Waals surface area contributed by atoms with E-state index in [9.17, 15) is 0 Å². The van der Waals surface area contributed by atoms with Crippen LogP contribution in [0.3, 0.4) is 0 Å². The van der Waals surface area contributed by atoms with E-state index < -0.39 is 0 Å². The molecule has 1 nitrogen and oxygen atoms in total. The van der Waals surface area contributed by atoms with Crippen molar-refractivity contribution in [1.82, 2.24) is 0 Å². The van der Waals surface area contributed by atoms with Gasteiger partial charge in [-0.2, -0.15) is 0 Å². The molecule has 0 heterocycles. The molecule has 0 radical (unpaired) electrons. The standard InChI is InChI=1S/C11H15ClO/c1-8(2)10-5-4-9(3)6-11(10)13-7-12/h4-6,8H,7H2,1-3H3. The van der Waals surface area contributed by atoms with Gasteiger partial charge >= 0.3 is 0 Å². The average molecular weight is 199 g/mol. The Morgan fingerprint density at radius 1 is 1.38 bits per heavy atom. The van der Waals surface area contributed by atoms with Gasteiger partial charge in [-0.15, -0.1) is 0 Å². The first kappa shape index (κ1) is 10.4. The van der Waals surface area contributed by atoms with Crippen molar-refractivity contribution in [3.8, 4) is 5.75 Å². The summed E-state index contributed by atoms with van der Waals surface area (Å²) in [5, 5.41) is 0. The molecule has 2 heteroatoms. The van der Waals surface area contributed by atoms with Gasteiger partial charge in [-0.1, -0.05) is 37.6 Å². The van der Waals surface area contributed by atoms with Crippen LogP contribution in [-0.2, 0) is 0 Å². The third kappa shape index (κ3) is 2.63. The molecule has 0 bridgehead atoms. The molecule has 0 N–H and O–H groups in total. The Hall–Kier alpha value is -0.690. The van der Waals surface area contributed by atoms with E-state index in [0.717, 1.165) is 5.75 Å². The SMILES string of the molecule is Cc1ccc(C(C)C)c(OCCl)c1. The lowest BCUT2D eigenvalue weighted by atomic mass is 10.0. The van der Waals surface area contributed by atoms with Crippen LogP contribution in [0.15, 0.2) is 18.2 Å². The summed E-state index contributed by atoms with van der Waals surface area (Å²) in [5.41, 5.74) is 2.41. The molecule has 0 amide bonds. The highest BCUT2D eigenvalue weighted by molar-refractivity contribution is 6.17. The second kappa shape index (κ2) is 4.52. The molecule has 0 saturated carbocycles. The van der Waals surface area contributed by atoms with Crippen molar-refractivity contribution in [1.29, 1.82) is 0 Å². The van der Waals surface area contributed by atoms with Crippen LogP contribution in [0.5, 0.6) is 5.75 Å². The molecule has 0 aromatic heterocycles. The fourth-order valence-electron chi connectivity index (χ4n) is 1.30. The molecule has 0 aliphatic rings. The van der Waals surface area contributed by atoms with Gasteiger partial charge in [0.1, 0.15) is 5.75 Å². The maximum Gasteiger partial charge on any atom is 0.162 e. The molecular formula is C11H15ClO. The summed E-state index contributed by atoms with van der Waals surface area (Å²) < 4.78 is 5.34. The largest absolute Gasteiger partial charge is 0.478 e. The topological polar surface area (TPSA) is 9.23 Å². The Morgan fingerprint density at radius 2 is 2.08 bits per heavy atom. The Bertz CT molecular complexity index is 281. The predicted molar refractivity (Wildman–Crippen MR) is 56.6 cm³/mol. The molecule has 0 spiro atoms. The molecule has 13 heavy (non-hydrogen) atoms. The zero-order valence-electron chi connectivity index (χ0n) is 8.30. The van der Waals surface area contributed by atoms with Crippen molar-refractivity contribution in [2.75, 3.05) is 6.07 Å². The van der Waals surface area contributed by atoms with E-state index in [2.05, 4.69) is 26.0 Å². The molecule has 0 saturated heterocycles. The molecule has 0 atom stereocenters. The summed E-state index contributed by atoms with van der Waals surface area (Å²) in [6.45, 7) is 6.34. The van der Waals surface area contributed by atoms with Crippen molar-refractivity contribution in [2.24, 2.45) is 0 Å². The van der Waals surface area contributed by atoms with Gasteiger partial charge in [0, 0.05) is 0 Å². The van der Waals surface area contributed by atoms with Gasteiger partial charge in [-0.25, -0.2) is 0 Å². The van der Waals surface area contributed by atoms with Crippen LogP contribution in [-0.4, -0.2) is 6.07 Å². The maximum absolute atomic E-state index is 5.54. The van der Waals surface area contributed by atoms with Crippen LogP contribution in [0.2, 0.25) is 0 Å². The quantitative estimate of drug-likeness (QED) is 0.674. The zero-order valence-corrected chi connectivity index (χ0v) is 9.06. The number of ether oxygens (including phenoxy) is 1. The predicted octanol–water partition coefficient (Wildman–Crippen LogP) is 3.69. The third-order valence-electron chi connectivity index (χ3n) is 2.00. The molecule has 1 aromatic rings. The van der Waals surface area contributed by atoms with Crippen LogP contribution in [0.4, 0.5) is 0 Å². The first-order chi connectivity index (χ1) is 6.15. The minimum atomic E-state index is 0.211. The minimum absolute atomic E-state index is 0.211. The van der Waals surface area contributed by atoms with E-state index >= 15 is 0 Å². The molecule has 72 valence electrons. The number of hydrogen-bond acceptors (Lipinski definition) is 1. The molecule has 0 fully saturated rings. The summed E-state index contributed by atoms with van der Waals surface area (Å²) in [5.74, 6) is 1.38. The van der Waals surface area contributed by atoms with Gasteiger partial charge in [-0.05, 0) is 30.0 Å². The van der Waals surface area contributed by atoms with Crippen LogP contribution in [0.25, 0.3) is 0 Å². The van der Waals surface area contributed by atoms with Crippen LogP contribution in [0.1, 0.15) is 30.9 Å². The monoisotopic (exact) mass is 198 g/mol. The second-order valence-electron chi connectivity index (χ2n) is 3.45. The molecule has 1 rings (SSSR count). The number of aryl methyl sites for hydroxylation is 1. The van der Waals surface area contributed by atoms with E-state index in [1.165, 1.54) is 11.1 Å². The molecule has 1 aromatic carbocycles. The van der Waals surface area contributed by atoms with Gasteiger partial charge in [0.15, 0.2) is 6.07 Å². The van der Waals surface area contributed by atoms with Gasteiger partial charge in [0.25, 0.3) is 0 Å². The van der Waals surface area contributed by atoms with Crippen LogP contribution >= 0.6 is 11.6 Å². The maximum atomic E-state index is 5.54. The highest BCUT2D eigenvalue weighted by Gasteiger charge is 2.06. The fraction of sp³-hybridized carbons (Fsp3) is 0.455. The van der Waals surface area contributed by atoms with E-state index in [1.807, 2.05) is 13.0 Å². The first-order valence-corrected chi connectivity index (χ1v) is 4.98. The number of benzene rings is 1. The van der Waals surface area contributed by atoms with Crippen molar-refractivity contribution >= 4 is 11.6 Å². The number of rotatable bonds is 3. The van der Waals surface area contributed by atoms with Crippen molar-refractivity contribution in [3.05, 3.63) is 29.3 Å². The zero-order chi connectivity index (χ0) is 9.84. The van der Waals surface area contributed by atoms with Gasteiger partial charge in [-0.3, -0.25) is 0 Å².